The van der Waals surface area contributed by atoms with Gasteiger partial charge in [0.25, 0.3) is 0 Å². The Hall–Kier alpha value is -1.13. The van der Waals surface area contributed by atoms with Crippen LogP contribution in [-0.2, 0) is 0 Å². The Morgan fingerprint density at radius 1 is 1.44 bits per heavy atom. The minimum Gasteiger partial charge on any atom is -0.394 e. The molecule has 102 valence electrons. The SMILES string of the molecule is Cc1cc(N(C)C(C)(C)CO)c(C(C)N)cc1F. The molecule has 0 saturated heterocycles. The lowest BCUT2D eigenvalue weighted by Crippen LogP contribution is -2.45. The number of hydrogen-bond acceptors (Lipinski definition) is 3. The van der Waals surface area contributed by atoms with Crippen molar-refractivity contribution in [2.24, 2.45) is 5.73 Å². The van der Waals surface area contributed by atoms with Crippen molar-refractivity contribution in [3.8, 4) is 0 Å². The largest absolute Gasteiger partial charge is 0.394 e. The summed E-state index contributed by atoms with van der Waals surface area (Å²) in [5, 5.41) is 9.43. The predicted molar refractivity (Wildman–Crippen MR) is 73.3 cm³/mol. The van der Waals surface area contributed by atoms with Crippen molar-refractivity contribution in [3.05, 3.63) is 29.1 Å². The molecule has 3 N–H and O–H groups in total. The molecule has 0 radical (unpaired) electrons. The fourth-order valence-corrected chi connectivity index (χ4v) is 1.77. The first-order valence-electron chi connectivity index (χ1n) is 6.11. The number of nitrogens with two attached hydrogens (primary N) is 1. The molecule has 0 fully saturated rings. The van der Waals surface area contributed by atoms with Gasteiger partial charge in [-0.15, -0.1) is 0 Å². The van der Waals surface area contributed by atoms with Gasteiger partial charge in [-0.05, 0) is 51.0 Å². The number of likely N-dealkylation sites (N-methyl/N-ethyl adjacent to an activating group) is 1. The lowest BCUT2D eigenvalue weighted by Gasteiger charge is -2.37. The number of halogens is 1. The zero-order valence-electron chi connectivity index (χ0n) is 11.8. The first-order valence-corrected chi connectivity index (χ1v) is 6.11. The summed E-state index contributed by atoms with van der Waals surface area (Å²) in [6.07, 6.45) is 0. The maximum absolute atomic E-state index is 13.6. The number of aliphatic hydroxyl groups excluding tert-OH is 1. The quantitative estimate of drug-likeness (QED) is 0.867. The third kappa shape index (κ3) is 2.82. The van der Waals surface area contributed by atoms with Crippen LogP contribution in [0.15, 0.2) is 12.1 Å². The van der Waals surface area contributed by atoms with E-state index in [1.54, 1.807) is 13.0 Å². The molecule has 18 heavy (non-hydrogen) atoms. The van der Waals surface area contributed by atoms with E-state index in [2.05, 4.69) is 0 Å². The summed E-state index contributed by atoms with van der Waals surface area (Å²) in [5.41, 5.74) is 7.67. The molecule has 1 rings (SSSR count). The van der Waals surface area contributed by atoms with Crippen LogP contribution < -0.4 is 10.6 Å². The number of nitrogens with zero attached hydrogens (tertiary/aromatic N) is 1. The highest BCUT2D eigenvalue weighted by molar-refractivity contribution is 5.58. The molecule has 1 aromatic carbocycles. The zero-order valence-corrected chi connectivity index (χ0v) is 11.8. The third-order valence-electron chi connectivity index (χ3n) is 3.45. The highest BCUT2D eigenvalue weighted by Gasteiger charge is 2.26. The Bertz CT molecular complexity index is 430. The second kappa shape index (κ2) is 5.24. The van der Waals surface area contributed by atoms with Gasteiger partial charge in [0.1, 0.15) is 5.82 Å². The summed E-state index contributed by atoms with van der Waals surface area (Å²) in [6.45, 7) is 7.42. The predicted octanol–water partition coefficient (Wildman–Crippen LogP) is 2.36. The number of aliphatic hydroxyl groups is 1. The summed E-state index contributed by atoms with van der Waals surface area (Å²) in [6, 6.07) is 3.01. The van der Waals surface area contributed by atoms with Gasteiger partial charge in [-0.1, -0.05) is 0 Å². The number of rotatable bonds is 4. The normalized spacial score (nSPS) is 13.6. The van der Waals surface area contributed by atoms with Crippen LogP contribution in [0.5, 0.6) is 0 Å². The van der Waals surface area contributed by atoms with E-state index in [1.807, 2.05) is 32.7 Å². The van der Waals surface area contributed by atoms with Crippen LogP contribution in [0.25, 0.3) is 0 Å². The third-order valence-corrected chi connectivity index (χ3v) is 3.45. The van der Waals surface area contributed by atoms with Crippen LogP contribution in [0.2, 0.25) is 0 Å². The second-order valence-corrected chi connectivity index (χ2v) is 5.48. The van der Waals surface area contributed by atoms with E-state index < -0.39 is 5.54 Å². The molecule has 0 aromatic heterocycles. The molecule has 0 heterocycles. The van der Waals surface area contributed by atoms with E-state index >= 15 is 0 Å². The van der Waals surface area contributed by atoms with Gasteiger partial charge < -0.3 is 15.7 Å². The monoisotopic (exact) mass is 254 g/mol. The molecule has 0 aliphatic carbocycles. The summed E-state index contributed by atoms with van der Waals surface area (Å²) < 4.78 is 13.6. The summed E-state index contributed by atoms with van der Waals surface area (Å²) >= 11 is 0. The lowest BCUT2D eigenvalue weighted by atomic mass is 9.98. The van der Waals surface area contributed by atoms with Crippen LogP contribution in [0.3, 0.4) is 0 Å². The van der Waals surface area contributed by atoms with Crippen molar-refractivity contribution in [1.82, 2.24) is 0 Å². The molecule has 0 amide bonds. The van der Waals surface area contributed by atoms with E-state index in [0.29, 0.717) is 5.56 Å². The van der Waals surface area contributed by atoms with Crippen LogP contribution in [0, 0.1) is 12.7 Å². The smallest absolute Gasteiger partial charge is 0.126 e. The fraction of sp³-hybridized carbons (Fsp3) is 0.571. The van der Waals surface area contributed by atoms with Gasteiger partial charge in [-0.2, -0.15) is 0 Å². The number of hydrogen-bond donors (Lipinski definition) is 2. The molecule has 0 saturated carbocycles. The highest BCUT2D eigenvalue weighted by Crippen LogP contribution is 2.31. The molecule has 0 aliphatic rings. The standard InChI is InChI=1S/C14H23FN2O/c1-9-6-13(17(5)14(3,4)8-18)11(10(2)16)7-12(9)15/h6-7,10,18H,8,16H2,1-5H3. The van der Waals surface area contributed by atoms with E-state index in [4.69, 9.17) is 5.73 Å². The van der Waals surface area contributed by atoms with E-state index in [0.717, 1.165) is 11.3 Å². The van der Waals surface area contributed by atoms with Gasteiger partial charge in [0.15, 0.2) is 0 Å². The first kappa shape index (κ1) is 14.9. The summed E-state index contributed by atoms with van der Waals surface area (Å²) in [7, 11) is 1.88. The van der Waals surface area contributed by atoms with Gasteiger partial charge in [-0.25, -0.2) is 4.39 Å². The average Bonchev–Trinajstić information content (AvgIpc) is 2.30. The van der Waals surface area contributed by atoms with Crippen molar-refractivity contribution in [3.63, 3.8) is 0 Å². The molecule has 1 unspecified atom stereocenters. The molecule has 0 bridgehead atoms. The first-order chi connectivity index (χ1) is 8.20. The van der Waals surface area contributed by atoms with Crippen LogP contribution in [0.1, 0.15) is 37.9 Å². The number of benzene rings is 1. The summed E-state index contributed by atoms with van der Waals surface area (Å²) in [4.78, 5) is 1.94. The van der Waals surface area contributed by atoms with Crippen molar-refractivity contribution in [2.75, 3.05) is 18.6 Å². The second-order valence-electron chi connectivity index (χ2n) is 5.48. The van der Waals surface area contributed by atoms with Crippen molar-refractivity contribution in [1.29, 1.82) is 0 Å². The Morgan fingerprint density at radius 2 is 2.00 bits per heavy atom. The molecule has 3 nitrogen and oxygen atoms in total. The zero-order chi connectivity index (χ0) is 14.1. The molecule has 4 heteroatoms. The van der Waals surface area contributed by atoms with Crippen LogP contribution in [-0.4, -0.2) is 24.3 Å². The van der Waals surface area contributed by atoms with E-state index in [-0.39, 0.29) is 18.5 Å². The number of aryl methyl sites for hydroxylation is 1. The van der Waals surface area contributed by atoms with Gasteiger partial charge in [-0.3, -0.25) is 0 Å². The Morgan fingerprint density at radius 3 is 2.44 bits per heavy atom. The van der Waals surface area contributed by atoms with E-state index in [1.165, 1.54) is 6.07 Å². The molecule has 1 aromatic rings. The van der Waals surface area contributed by atoms with Crippen molar-refractivity contribution >= 4 is 5.69 Å². The maximum atomic E-state index is 13.6. The average molecular weight is 254 g/mol. The van der Waals surface area contributed by atoms with Crippen molar-refractivity contribution < 1.29 is 9.50 Å². The lowest BCUT2D eigenvalue weighted by molar-refractivity contribution is 0.216. The minimum atomic E-state index is -0.423. The topological polar surface area (TPSA) is 49.5 Å². The van der Waals surface area contributed by atoms with Crippen LogP contribution in [0.4, 0.5) is 10.1 Å². The van der Waals surface area contributed by atoms with Crippen LogP contribution >= 0.6 is 0 Å². The molecular formula is C14H23FN2O. The van der Waals surface area contributed by atoms with E-state index in [9.17, 15) is 9.50 Å². The van der Waals surface area contributed by atoms with Gasteiger partial charge in [0.2, 0.25) is 0 Å². The fourth-order valence-electron chi connectivity index (χ4n) is 1.77. The summed E-state index contributed by atoms with van der Waals surface area (Å²) in [5.74, 6) is -0.249. The van der Waals surface area contributed by atoms with Gasteiger partial charge in [0.05, 0.1) is 12.1 Å². The van der Waals surface area contributed by atoms with Gasteiger partial charge >= 0.3 is 0 Å². The Balaban J connectivity index is 3.34. The van der Waals surface area contributed by atoms with Crippen molar-refractivity contribution in [2.45, 2.75) is 39.3 Å². The molecule has 0 aliphatic heterocycles. The van der Waals surface area contributed by atoms with Gasteiger partial charge in [0, 0.05) is 18.8 Å². The Labute approximate surface area is 108 Å². The molecule has 0 spiro atoms. The molecular weight excluding hydrogens is 231 g/mol. The minimum absolute atomic E-state index is 0.0122. The number of anilines is 1. The maximum Gasteiger partial charge on any atom is 0.126 e. The highest BCUT2D eigenvalue weighted by atomic mass is 19.1. The molecule has 1 atom stereocenters. The Kier molecular flexibility index (Phi) is 4.35.